The van der Waals surface area contributed by atoms with Crippen LogP contribution in [0.1, 0.15) is 49.8 Å². The maximum Gasteiger partial charge on any atom is 0.234 e. The molecule has 12 nitrogen and oxygen atoms in total. The molecule has 0 spiro atoms. The van der Waals surface area contributed by atoms with Crippen LogP contribution in [0.3, 0.4) is 0 Å². The Morgan fingerprint density at radius 3 is 2.39 bits per heavy atom. The molecular weight excluding hydrogens is 716 g/mol. The number of ether oxygens (including phenoxy) is 1. The zero-order valence-electron chi connectivity index (χ0n) is 30.4. The molecule has 3 fully saturated rings. The van der Waals surface area contributed by atoms with Crippen molar-refractivity contribution >= 4 is 46.0 Å². The third-order valence-electron chi connectivity index (χ3n) is 11.0. The number of piperazine rings is 1. The summed E-state index contributed by atoms with van der Waals surface area (Å²) < 4.78 is 38.4. The number of halogens is 3. The van der Waals surface area contributed by atoms with Crippen molar-refractivity contribution in [1.82, 2.24) is 34.9 Å². The molecule has 6 heterocycles. The van der Waals surface area contributed by atoms with Crippen molar-refractivity contribution in [2.45, 2.75) is 51.5 Å². The van der Waals surface area contributed by atoms with Crippen LogP contribution in [-0.4, -0.2) is 86.8 Å². The van der Waals surface area contributed by atoms with Crippen LogP contribution in [0.4, 0.5) is 20.2 Å². The van der Waals surface area contributed by atoms with Gasteiger partial charge >= 0.3 is 0 Å². The number of hydrogen-bond acceptors (Lipinski definition) is 9. The van der Waals surface area contributed by atoms with E-state index in [0.29, 0.717) is 64.2 Å². The lowest BCUT2D eigenvalue weighted by Gasteiger charge is -2.43. The van der Waals surface area contributed by atoms with E-state index in [1.54, 1.807) is 10.9 Å². The number of aromatic nitrogens is 5. The average Bonchev–Trinajstić information content (AvgIpc) is 3.73. The molecule has 2 atom stereocenters. The first kappa shape index (κ1) is 35.9. The number of aryl methyl sites for hydroxylation is 2. The number of carbonyl (C=O) groups excluding carboxylic acids is 2. The smallest absolute Gasteiger partial charge is 0.234 e. The van der Waals surface area contributed by atoms with Crippen molar-refractivity contribution in [3.8, 4) is 22.9 Å². The molecule has 3 aliphatic rings. The minimum atomic E-state index is -0.998. The molecule has 2 aromatic carbocycles. The lowest BCUT2D eigenvalue weighted by molar-refractivity contribution is -0.134. The van der Waals surface area contributed by atoms with E-state index in [1.165, 1.54) is 12.1 Å². The molecule has 3 aromatic heterocycles. The summed E-state index contributed by atoms with van der Waals surface area (Å²) in [7, 11) is 1.87. The monoisotopic (exact) mass is 757 g/mol. The van der Waals surface area contributed by atoms with Crippen LogP contribution in [0.2, 0.25) is 5.02 Å². The van der Waals surface area contributed by atoms with Gasteiger partial charge in [0.15, 0.2) is 11.4 Å². The Hall–Kier alpha value is -5.08. The number of H-pyrrole nitrogens is 1. The first-order valence-corrected chi connectivity index (χ1v) is 18.8. The fourth-order valence-electron chi connectivity index (χ4n) is 8.08. The molecule has 0 bridgehead atoms. The molecule has 0 aliphatic carbocycles. The van der Waals surface area contributed by atoms with Crippen molar-refractivity contribution in [3.05, 3.63) is 76.7 Å². The van der Waals surface area contributed by atoms with Crippen LogP contribution in [0.15, 0.2) is 48.8 Å². The number of anilines is 2. The Bertz CT molecular complexity index is 2190. The maximum atomic E-state index is 15.2. The van der Waals surface area contributed by atoms with Crippen LogP contribution >= 0.6 is 11.6 Å². The zero-order valence-corrected chi connectivity index (χ0v) is 31.2. The largest absolute Gasteiger partial charge is 0.453 e. The van der Waals surface area contributed by atoms with E-state index in [0.717, 1.165) is 56.0 Å². The minimum Gasteiger partial charge on any atom is -0.453 e. The number of hydrogen-bond donors (Lipinski definition) is 2. The molecule has 2 amide bonds. The summed E-state index contributed by atoms with van der Waals surface area (Å²) in [5.74, 6) is -1.30. The third-order valence-corrected chi connectivity index (χ3v) is 11.3. The summed E-state index contributed by atoms with van der Waals surface area (Å²) in [5, 5.41) is 6.99. The van der Waals surface area contributed by atoms with Gasteiger partial charge in [-0.05, 0) is 75.4 Å². The number of nitrogens with one attached hydrogen (secondary N) is 2. The first-order chi connectivity index (χ1) is 26.0. The summed E-state index contributed by atoms with van der Waals surface area (Å²) >= 11 is 6.57. The minimum absolute atomic E-state index is 0.0657. The third kappa shape index (κ3) is 7.12. The summed E-state index contributed by atoms with van der Waals surface area (Å²) in [4.78, 5) is 43.1. The molecule has 0 saturated carbocycles. The molecule has 5 aromatic rings. The Morgan fingerprint density at radius 1 is 0.981 bits per heavy atom. The number of aromatic amines is 1. The number of benzene rings is 2. The topological polar surface area (TPSA) is 125 Å². The van der Waals surface area contributed by atoms with Gasteiger partial charge in [0.25, 0.3) is 0 Å². The summed E-state index contributed by atoms with van der Waals surface area (Å²) in [6.07, 6.45) is 5.46. The summed E-state index contributed by atoms with van der Waals surface area (Å²) in [6, 6.07) is 11.0. The number of pyridine rings is 1. The van der Waals surface area contributed by atoms with Crippen molar-refractivity contribution in [1.29, 1.82) is 0 Å². The van der Waals surface area contributed by atoms with Crippen LogP contribution in [0.25, 0.3) is 22.6 Å². The van der Waals surface area contributed by atoms with Crippen LogP contribution in [0, 0.1) is 24.5 Å². The van der Waals surface area contributed by atoms with Gasteiger partial charge < -0.3 is 19.5 Å². The van der Waals surface area contributed by atoms with Gasteiger partial charge in [-0.1, -0.05) is 11.6 Å². The second-order valence-electron chi connectivity index (χ2n) is 14.7. The Labute approximate surface area is 316 Å². The number of amides is 2. The molecule has 282 valence electrons. The molecule has 0 radical (unpaired) electrons. The second kappa shape index (κ2) is 14.6. The summed E-state index contributed by atoms with van der Waals surface area (Å²) in [5.41, 5.74) is 4.20. The van der Waals surface area contributed by atoms with Crippen molar-refractivity contribution in [2.75, 3.05) is 49.1 Å². The van der Waals surface area contributed by atoms with Gasteiger partial charge in [-0.3, -0.25) is 24.5 Å². The zero-order chi connectivity index (χ0) is 37.7. The second-order valence-corrected chi connectivity index (χ2v) is 15.1. The maximum absolute atomic E-state index is 15.2. The molecule has 3 saturated heterocycles. The molecular formula is C39H42ClF2N9O3. The van der Waals surface area contributed by atoms with Gasteiger partial charge in [-0.2, -0.15) is 5.10 Å². The van der Waals surface area contributed by atoms with Crippen molar-refractivity contribution < 1.29 is 23.1 Å². The number of carbonyl (C=O) groups is 2. The Morgan fingerprint density at radius 2 is 1.72 bits per heavy atom. The van der Waals surface area contributed by atoms with Gasteiger partial charge in [0.2, 0.25) is 11.8 Å². The van der Waals surface area contributed by atoms with Gasteiger partial charge in [0, 0.05) is 81.9 Å². The number of nitrogens with zero attached hydrogens (tertiary/aromatic N) is 7. The predicted molar refractivity (Wildman–Crippen MR) is 202 cm³/mol. The van der Waals surface area contributed by atoms with Crippen molar-refractivity contribution in [2.24, 2.45) is 13.0 Å². The highest BCUT2D eigenvalue weighted by Crippen LogP contribution is 2.37. The van der Waals surface area contributed by atoms with Gasteiger partial charge in [-0.25, -0.2) is 18.7 Å². The number of fused-ring (bicyclic) bond motifs is 1. The molecule has 8 rings (SSSR count). The van der Waals surface area contributed by atoms with E-state index < -0.39 is 29.4 Å². The average molecular weight is 758 g/mol. The quantitative estimate of drug-likeness (QED) is 0.175. The normalized spacial score (nSPS) is 20.2. The van der Waals surface area contributed by atoms with Crippen LogP contribution in [0.5, 0.6) is 11.5 Å². The Balaban J connectivity index is 0.849. The van der Waals surface area contributed by atoms with E-state index in [2.05, 4.69) is 54.2 Å². The molecule has 54 heavy (non-hydrogen) atoms. The van der Waals surface area contributed by atoms with Gasteiger partial charge in [-0.15, -0.1) is 0 Å². The predicted octanol–water partition coefficient (Wildman–Crippen LogP) is 6.34. The SMILES string of the molecule is Cc1nn(C)cc1-c1nc2ncc(Cl)c(Oc3ccc(N4CCN(CC5CCN(c6cc(F)c([C@H]7CCC(=O)NC7=O)c(F)c6)CC5)[C@@H](C)C4)cc3)c2[nH]1. The fraction of sp³-hybridized carbons (Fsp3) is 0.410. The number of imide groups is 1. The van der Waals surface area contributed by atoms with E-state index in [9.17, 15) is 9.59 Å². The number of rotatable bonds is 8. The van der Waals surface area contributed by atoms with Crippen LogP contribution < -0.4 is 19.9 Å². The highest BCUT2D eigenvalue weighted by atomic mass is 35.5. The van der Waals surface area contributed by atoms with E-state index in [1.807, 2.05) is 37.2 Å². The van der Waals surface area contributed by atoms with E-state index in [4.69, 9.17) is 16.3 Å². The van der Waals surface area contributed by atoms with E-state index in [-0.39, 0.29) is 18.4 Å². The van der Waals surface area contributed by atoms with E-state index >= 15 is 8.78 Å². The highest BCUT2D eigenvalue weighted by molar-refractivity contribution is 6.32. The number of piperidine rings is 2. The van der Waals surface area contributed by atoms with Crippen LogP contribution in [-0.2, 0) is 16.6 Å². The number of imidazole rings is 1. The Kier molecular flexibility index (Phi) is 9.73. The van der Waals surface area contributed by atoms with Gasteiger partial charge in [0.1, 0.15) is 33.7 Å². The molecule has 3 aliphatic heterocycles. The molecule has 15 heteroatoms. The summed E-state index contributed by atoms with van der Waals surface area (Å²) in [6.45, 7) is 9.28. The highest BCUT2D eigenvalue weighted by Gasteiger charge is 2.34. The lowest BCUT2D eigenvalue weighted by Crippen LogP contribution is -2.53. The molecule has 0 unspecified atom stereocenters. The molecule has 2 N–H and O–H groups in total. The van der Waals surface area contributed by atoms with Gasteiger partial charge in [0.05, 0.1) is 23.4 Å². The van der Waals surface area contributed by atoms with Crippen molar-refractivity contribution in [3.63, 3.8) is 0 Å². The fourth-order valence-corrected chi connectivity index (χ4v) is 8.26. The first-order valence-electron chi connectivity index (χ1n) is 18.4. The lowest BCUT2D eigenvalue weighted by atomic mass is 9.89. The standard InChI is InChI=1S/C39H42ClF2N9O3/c1-22-19-51(25-4-6-27(7-5-25)54-36-30(40)18-43-38-35(36)45-37(46-38)29-21-48(3)47-23(29)2)15-14-50(22)20-24-10-12-49(13-11-24)26-16-31(41)34(32(42)17-26)28-8-9-33(52)44-39(28)53/h4-7,16-18,21-22,24,28H,8-15,19-20H2,1-3H3,(H,43,45,46)(H,44,52,53)/t22-,28+/m0/s1.